The van der Waals surface area contributed by atoms with Gasteiger partial charge in [0.25, 0.3) is 0 Å². The van der Waals surface area contributed by atoms with E-state index in [0.29, 0.717) is 11.6 Å². The van der Waals surface area contributed by atoms with Gasteiger partial charge in [-0.1, -0.05) is 17.7 Å². The molecule has 0 bridgehead atoms. The molecule has 14 heavy (non-hydrogen) atoms. The maximum Gasteiger partial charge on any atom is 0.125 e. The molecule has 1 aromatic rings. The van der Waals surface area contributed by atoms with Crippen LogP contribution in [-0.4, -0.2) is 6.61 Å². The minimum Gasteiger partial charge on any atom is -0.493 e. The van der Waals surface area contributed by atoms with Crippen molar-refractivity contribution in [3.8, 4) is 5.75 Å². The van der Waals surface area contributed by atoms with Crippen molar-refractivity contribution in [3.05, 3.63) is 28.8 Å². The molecule has 2 nitrogen and oxygen atoms in total. The molecule has 1 fully saturated rings. The van der Waals surface area contributed by atoms with Crippen LogP contribution in [0.5, 0.6) is 5.75 Å². The summed E-state index contributed by atoms with van der Waals surface area (Å²) in [6.07, 6.45) is 2.58. The van der Waals surface area contributed by atoms with E-state index in [4.69, 9.17) is 22.1 Å². The highest BCUT2D eigenvalue weighted by Gasteiger charge is 2.22. The quantitative estimate of drug-likeness (QED) is 0.831. The first-order valence-electron chi connectivity index (χ1n) is 4.91. The number of rotatable bonds is 4. The van der Waals surface area contributed by atoms with Gasteiger partial charge in [0.05, 0.1) is 6.61 Å². The number of hydrogen-bond donors (Lipinski definition) is 1. The summed E-state index contributed by atoms with van der Waals surface area (Å²) in [5, 5.41) is 0.695. The van der Waals surface area contributed by atoms with E-state index in [9.17, 15) is 0 Å². The molecule has 0 radical (unpaired) electrons. The predicted molar refractivity (Wildman–Crippen MR) is 57.6 cm³/mol. The van der Waals surface area contributed by atoms with Crippen LogP contribution in [0.2, 0.25) is 5.02 Å². The molecule has 0 amide bonds. The maximum absolute atomic E-state index is 6.00. The minimum absolute atomic E-state index is 0.430. The third kappa shape index (κ3) is 2.20. The predicted octanol–water partition coefficient (Wildman–Crippen LogP) is 2.59. The molecule has 0 heterocycles. The van der Waals surface area contributed by atoms with Crippen molar-refractivity contribution in [2.45, 2.75) is 19.4 Å². The summed E-state index contributed by atoms with van der Waals surface area (Å²) in [7, 11) is 0. The fourth-order valence-electron chi connectivity index (χ4n) is 1.36. The number of nitrogens with two attached hydrogens (primary N) is 1. The Hall–Kier alpha value is -0.730. The Bertz CT molecular complexity index is 323. The number of ether oxygens (including phenoxy) is 1. The highest BCUT2D eigenvalue weighted by atomic mass is 35.5. The lowest BCUT2D eigenvalue weighted by atomic mass is 10.2. The average molecular weight is 212 g/mol. The first-order valence-corrected chi connectivity index (χ1v) is 5.29. The summed E-state index contributed by atoms with van der Waals surface area (Å²) in [4.78, 5) is 0. The van der Waals surface area contributed by atoms with E-state index in [1.807, 2.05) is 18.2 Å². The van der Waals surface area contributed by atoms with Crippen molar-refractivity contribution in [1.82, 2.24) is 0 Å². The summed E-state index contributed by atoms with van der Waals surface area (Å²) in [6, 6.07) is 5.66. The molecule has 76 valence electrons. The topological polar surface area (TPSA) is 35.2 Å². The van der Waals surface area contributed by atoms with E-state index in [-0.39, 0.29) is 0 Å². The van der Waals surface area contributed by atoms with Crippen LogP contribution in [-0.2, 0) is 6.54 Å². The Labute approximate surface area is 89.0 Å². The molecule has 1 aliphatic rings. The smallest absolute Gasteiger partial charge is 0.125 e. The molecule has 0 atom stereocenters. The van der Waals surface area contributed by atoms with Gasteiger partial charge in [0, 0.05) is 17.1 Å². The van der Waals surface area contributed by atoms with Crippen LogP contribution in [0.4, 0.5) is 0 Å². The largest absolute Gasteiger partial charge is 0.493 e. The van der Waals surface area contributed by atoms with Gasteiger partial charge >= 0.3 is 0 Å². The molecule has 1 aliphatic carbocycles. The fourth-order valence-corrected chi connectivity index (χ4v) is 1.61. The lowest BCUT2D eigenvalue weighted by Gasteiger charge is -2.10. The number of halogens is 1. The Morgan fingerprint density at radius 2 is 2.21 bits per heavy atom. The molecule has 2 rings (SSSR count). The van der Waals surface area contributed by atoms with Crippen LogP contribution in [0.25, 0.3) is 0 Å². The van der Waals surface area contributed by atoms with Crippen LogP contribution in [0.15, 0.2) is 18.2 Å². The summed E-state index contributed by atoms with van der Waals surface area (Å²) in [6.45, 7) is 1.23. The second-order valence-corrected chi connectivity index (χ2v) is 4.08. The molecule has 3 heteroatoms. The van der Waals surface area contributed by atoms with Crippen molar-refractivity contribution in [2.24, 2.45) is 11.7 Å². The summed E-state index contributed by atoms with van der Waals surface area (Å²) < 4.78 is 5.67. The number of benzene rings is 1. The van der Waals surface area contributed by atoms with Gasteiger partial charge in [-0.2, -0.15) is 0 Å². The Morgan fingerprint density at radius 1 is 1.43 bits per heavy atom. The summed E-state index contributed by atoms with van der Waals surface area (Å²) in [5.41, 5.74) is 6.52. The normalized spacial score (nSPS) is 15.6. The van der Waals surface area contributed by atoms with Gasteiger partial charge in [-0.3, -0.25) is 0 Å². The molecular weight excluding hydrogens is 198 g/mol. The first kappa shape index (κ1) is 9.81. The molecule has 0 saturated heterocycles. The highest BCUT2D eigenvalue weighted by Crippen LogP contribution is 2.31. The highest BCUT2D eigenvalue weighted by molar-refractivity contribution is 6.31. The van der Waals surface area contributed by atoms with Gasteiger partial charge in [0.2, 0.25) is 0 Å². The molecule has 0 aromatic heterocycles. The second kappa shape index (κ2) is 4.20. The van der Waals surface area contributed by atoms with Crippen LogP contribution in [0, 0.1) is 5.92 Å². The fraction of sp³-hybridized carbons (Fsp3) is 0.455. The average Bonchev–Trinajstić information content (AvgIpc) is 2.98. The molecule has 0 aliphatic heterocycles. The first-order chi connectivity index (χ1) is 6.81. The van der Waals surface area contributed by atoms with Gasteiger partial charge in [-0.05, 0) is 30.9 Å². The Morgan fingerprint density at radius 3 is 2.86 bits per heavy atom. The molecule has 1 saturated carbocycles. The standard InChI is InChI=1S/C11H14ClNO/c12-10-2-1-3-11(9(10)6-13)14-7-8-4-5-8/h1-3,8H,4-7,13H2. The van der Waals surface area contributed by atoms with Gasteiger partial charge < -0.3 is 10.5 Å². The van der Waals surface area contributed by atoms with E-state index in [1.54, 1.807) is 0 Å². The lowest BCUT2D eigenvalue weighted by molar-refractivity contribution is 0.297. The zero-order valence-electron chi connectivity index (χ0n) is 8.00. The van der Waals surface area contributed by atoms with Crippen LogP contribution < -0.4 is 10.5 Å². The van der Waals surface area contributed by atoms with E-state index in [0.717, 1.165) is 23.8 Å². The second-order valence-electron chi connectivity index (χ2n) is 3.68. The van der Waals surface area contributed by atoms with Gasteiger partial charge in [-0.25, -0.2) is 0 Å². The molecule has 1 aromatic carbocycles. The number of hydrogen-bond acceptors (Lipinski definition) is 2. The van der Waals surface area contributed by atoms with Crippen LogP contribution in [0.1, 0.15) is 18.4 Å². The van der Waals surface area contributed by atoms with Gasteiger partial charge in [-0.15, -0.1) is 0 Å². The van der Waals surface area contributed by atoms with E-state index in [1.165, 1.54) is 12.8 Å². The minimum atomic E-state index is 0.430. The SMILES string of the molecule is NCc1c(Cl)cccc1OCC1CC1. The van der Waals surface area contributed by atoms with E-state index >= 15 is 0 Å². The lowest BCUT2D eigenvalue weighted by Crippen LogP contribution is -2.05. The van der Waals surface area contributed by atoms with Crippen LogP contribution >= 0.6 is 11.6 Å². The van der Waals surface area contributed by atoms with Crippen molar-refractivity contribution in [3.63, 3.8) is 0 Å². The Kier molecular flexibility index (Phi) is 2.94. The van der Waals surface area contributed by atoms with Gasteiger partial charge in [0.15, 0.2) is 0 Å². The molecule has 2 N–H and O–H groups in total. The molecular formula is C11H14ClNO. The van der Waals surface area contributed by atoms with Crippen molar-refractivity contribution in [2.75, 3.05) is 6.61 Å². The zero-order valence-corrected chi connectivity index (χ0v) is 8.76. The summed E-state index contributed by atoms with van der Waals surface area (Å²) in [5.74, 6) is 1.59. The summed E-state index contributed by atoms with van der Waals surface area (Å²) >= 11 is 6.00. The van der Waals surface area contributed by atoms with E-state index < -0.39 is 0 Å². The maximum atomic E-state index is 6.00. The third-order valence-electron chi connectivity index (χ3n) is 2.45. The van der Waals surface area contributed by atoms with Crippen LogP contribution in [0.3, 0.4) is 0 Å². The Balaban J connectivity index is 2.09. The van der Waals surface area contributed by atoms with Crippen molar-refractivity contribution >= 4 is 11.6 Å². The zero-order chi connectivity index (χ0) is 9.97. The third-order valence-corrected chi connectivity index (χ3v) is 2.81. The molecule has 0 unspecified atom stereocenters. The molecule has 0 spiro atoms. The monoisotopic (exact) mass is 211 g/mol. The van der Waals surface area contributed by atoms with E-state index in [2.05, 4.69) is 0 Å². The van der Waals surface area contributed by atoms with Crippen molar-refractivity contribution < 1.29 is 4.74 Å². The van der Waals surface area contributed by atoms with Gasteiger partial charge in [0.1, 0.15) is 5.75 Å². The van der Waals surface area contributed by atoms with Crippen molar-refractivity contribution in [1.29, 1.82) is 0 Å².